The van der Waals surface area contributed by atoms with Gasteiger partial charge in [0.05, 0.1) is 18.2 Å². The van der Waals surface area contributed by atoms with Crippen molar-refractivity contribution in [1.29, 1.82) is 0 Å². The molecular weight excluding hydrogens is 408 g/mol. The number of aryl methyl sites for hydroxylation is 2. The second kappa shape index (κ2) is 8.13. The topological polar surface area (TPSA) is 58.6 Å². The highest BCUT2D eigenvalue weighted by molar-refractivity contribution is 9.10. The second-order valence-electron chi connectivity index (χ2n) is 6.71. The average Bonchev–Trinajstić information content (AvgIpc) is 3.02. The van der Waals surface area contributed by atoms with Crippen LogP contribution >= 0.6 is 15.9 Å². The molecule has 0 bridgehead atoms. The third-order valence-electron chi connectivity index (χ3n) is 4.72. The zero-order valence-electron chi connectivity index (χ0n) is 15.7. The molecular formula is C21H23BrN2O3. The number of para-hydroxylation sites is 2. The van der Waals surface area contributed by atoms with Crippen LogP contribution in [0.25, 0.3) is 0 Å². The summed E-state index contributed by atoms with van der Waals surface area (Å²) < 4.78 is 6.64. The molecule has 0 unspecified atom stereocenters. The summed E-state index contributed by atoms with van der Waals surface area (Å²) in [4.78, 5) is 27.0. The Morgan fingerprint density at radius 1 is 1.26 bits per heavy atom. The van der Waals surface area contributed by atoms with Crippen LogP contribution in [0.2, 0.25) is 0 Å². The summed E-state index contributed by atoms with van der Waals surface area (Å²) in [6.45, 7) is 6.70. The highest BCUT2D eigenvalue weighted by atomic mass is 79.9. The van der Waals surface area contributed by atoms with Gasteiger partial charge in [-0.05, 0) is 56.2 Å². The van der Waals surface area contributed by atoms with Gasteiger partial charge >= 0.3 is 0 Å². The van der Waals surface area contributed by atoms with Crippen LogP contribution in [0.4, 0.5) is 11.4 Å². The van der Waals surface area contributed by atoms with Gasteiger partial charge in [0.25, 0.3) is 0 Å². The van der Waals surface area contributed by atoms with Crippen LogP contribution in [0.5, 0.6) is 5.75 Å². The Hall–Kier alpha value is -2.34. The van der Waals surface area contributed by atoms with Gasteiger partial charge in [-0.1, -0.05) is 28.1 Å². The standard InChI is InChI=1S/C21H23BrN2O3/c1-4-27-19-8-6-5-7-18(19)24-12-15(11-20(24)25)21(26)23-17-10-13(2)16(22)9-14(17)3/h5-10,15H,4,11-12H2,1-3H3,(H,23,26)/t15-/m1/s1. The van der Waals surface area contributed by atoms with Crippen molar-refractivity contribution in [1.82, 2.24) is 0 Å². The Labute approximate surface area is 167 Å². The van der Waals surface area contributed by atoms with Gasteiger partial charge in [0.15, 0.2) is 0 Å². The van der Waals surface area contributed by atoms with Crippen molar-refractivity contribution in [3.8, 4) is 5.75 Å². The van der Waals surface area contributed by atoms with Crippen molar-refractivity contribution >= 4 is 39.1 Å². The molecule has 2 aromatic carbocycles. The molecule has 5 nitrogen and oxygen atoms in total. The number of hydrogen-bond acceptors (Lipinski definition) is 3. The van der Waals surface area contributed by atoms with Crippen LogP contribution in [0.15, 0.2) is 40.9 Å². The summed E-state index contributed by atoms with van der Waals surface area (Å²) in [7, 11) is 0. The zero-order valence-corrected chi connectivity index (χ0v) is 17.3. The molecule has 1 aliphatic rings. The molecule has 1 heterocycles. The summed E-state index contributed by atoms with van der Waals surface area (Å²) in [6, 6.07) is 11.4. The lowest BCUT2D eigenvalue weighted by Gasteiger charge is -2.20. The van der Waals surface area contributed by atoms with E-state index in [1.54, 1.807) is 4.90 Å². The minimum absolute atomic E-state index is 0.0639. The summed E-state index contributed by atoms with van der Waals surface area (Å²) in [5.74, 6) is 0.0693. The maximum absolute atomic E-state index is 12.8. The Morgan fingerprint density at radius 2 is 2.00 bits per heavy atom. The van der Waals surface area contributed by atoms with E-state index in [2.05, 4.69) is 21.2 Å². The van der Waals surface area contributed by atoms with Crippen LogP contribution in [-0.4, -0.2) is 25.0 Å². The number of anilines is 2. The number of nitrogens with zero attached hydrogens (tertiary/aromatic N) is 1. The molecule has 0 aliphatic carbocycles. The van der Waals surface area contributed by atoms with Crippen LogP contribution in [0.3, 0.4) is 0 Å². The second-order valence-corrected chi connectivity index (χ2v) is 7.57. The van der Waals surface area contributed by atoms with Crippen molar-refractivity contribution in [2.75, 3.05) is 23.4 Å². The van der Waals surface area contributed by atoms with Gasteiger partial charge in [-0.15, -0.1) is 0 Å². The van der Waals surface area contributed by atoms with E-state index in [1.807, 2.05) is 57.2 Å². The van der Waals surface area contributed by atoms with Crippen LogP contribution in [0.1, 0.15) is 24.5 Å². The number of amides is 2. The van der Waals surface area contributed by atoms with E-state index >= 15 is 0 Å². The molecule has 3 rings (SSSR count). The van der Waals surface area contributed by atoms with Gasteiger partial charge in [0.1, 0.15) is 5.75 Å². The normalized spacial score (nSPS) is 16.5. The zero-order chi connectivity index (χ0) is 19.6. The number of nitrogens with one attached hydrogen (secondary N) is 1. The molecule has 6 heteroatoms. The minimum Gasteiger partial charge on any atom is -0.492 e. The van der Waals surface area contributed by atoms with Gasteiger partial charge in [-0.2, -0.15) is 0 Å². The first kappa shape index (κ1) is 19.4. The summed E-state index contributed by atoms with van der Waals surface area (Å²) in [5, 5.41) is 2.98. The van der Waals surface area contributed by atoms with Crippen molar-refractivity contribution in [3.63, 3.8) is 0 Å². The summed E-state index contributed by atoms with van der Waals surface area (Å²) in [5.41, 5.74) is 3.52. The van der Waals surface area contributed by atoms with Gasteiger partial charge < -0.3 is 15.0 Å². The van der Waals surface area contributed by atoms with Gasteiger partial charge in [0, 0.05) is 23.1 Å². The van der Waals surface area contributed by atoms with Crippen molar-refractivity contribution in [2.45, 2.75) is 27.2 Å². The summed E-state index contributed by atoms with van der Waals surface area (Å²) >= 11 is 3.50. The summed E-state index contributed by atoms with van der Waals surface area (Å²) in [6.07, 6.45) is 0.195. The lowest BCUT2D eigenvalue weighted by molar-refractivity contribution is -0.122. The number of hydrogen-bond donors (Lipinski definition) is 1. The third kappa shape index (κ3) is 4.16. The average molecular weight is 431 g/mol. The Kier molecular flexibility index (Phi) is 5.85. The number of carbonyl (C=O) groups is 2. The fourth-order valence-electron chi connectivity index (χ4n) is 3.22. The molecule has 0 spiro atoms. The number of halogens is 1. The van der Waals surface area contributed by atoms with Gasteiger partial charge in [0.2, 0.25) is 11.8 Å². The van der Waals surface area contributed by atoms with E-state index in [1.165, 1.54) is 0 Å². The number of rotatable bonds is 5. The number of benzene rings is 2. The molecule has 1 fully saturated rings. The molecule has 0 radical (unpaired) electrons. The predicted molar refractivity (Wildman–Crippen MR) is 110 cm³/mol. The molecule has 1 N–H and O–H groups in total. The van der Waals surface area contributed by atoms with Crippen LogP contribution in [0, 0.1) is 19.8 Å². The van der Waals surface area contributed by atoms with E-state index in [4.69, 9.17) is 4.74 Å². The molecule has 1 atom stereocenters. The first-order valence-corrected chi connectivity index (χ1v) is 9.79. The van der Waals surface area contributed by atoms with Crippen LogP contribution < -0.4 is 15.0 Å². The molecule has 1 saturated heterocycles. The quantitative estimate of drug-likeness (QED) is 0.761. The van der Waals surface area contributed by atoms with Crippen LogP contribution in [-0.2, 0) is 9.59 Å². The number of carbonyl (C=O) groups excluding carboxylic acids is 2. The van der Waals surface area contributed by atoms with E-state index in [-0.39, 0.29) is 18.2 Å². The predicted octanol–water partition coefficient (Wildman–Crippen LogP) is 4.46. The fourth-order valence-corrected chi connectivity index (χ4v) is 3.68. The Balaban J connectivity index is 1.76. The molecule has 2 amide bonds. The molecule has 142 valence electrons. The number of ether oxygens (including phenoxy) is 1. The monoisotopic (exact) mass is 430 g/mol. The van der Waals surface area contributed by atoms with E-state index in [9.17, 15) is 9.59 Å². The molecule has 0 aromatic heterocycles. The lowest BCUT2D eigenvalue weighted by atomic mass is 10.1. The molecule has 1 aliphatic heterocycles. The van der Waals surface area contributed by atoms with Crippen molar-refractivity contribution in [3.05, 3.63) is 52.0 Å². The van der Waals surface area contributed by atoms with Crippen molar-refractivity contribution < 1.29 is 14.3 Å². The smallest absolute Gasteiger partial charge is 0.229 e. The molecule has 27 heavy (non-hydrogen) atoms. The van der Waals surface area contributed by atoms with Gasteiger partial charge in [-0.25, -0.2) is 0 Å². The maximum Gasteiger partial charge on any atom is 0.229 e. The lowest BCUT2D eigenvalue weighted by Crippen LogP contribution is -2.28. The maximum atomic E-state index is 12.8. The SMILES string of the molecule is CCOc1ccccc1N1C[C@H](C(=O)Nc2cc(C)c(Br)cc2C)CC1=O. The Bertz CT molecular complexity index is 882. The van der Waals surface area contributed by atoms with E-state index in [0.29, 0.717) is 18.9 Å². The highest BCUT2D eigenvalue weighted by Gasteiger charge is 2.36. The minimum atomic E-state index is -0.393. The Morgan fingerprint density at radius 3 is 2.74 bits per heavy atom. The fraction of sp³-hybridized carbons (Fsp3) is 0.333. The highest BCUT2D eigenvalue weighted by Crippen LogP contribution is 2.33. The van der Waals surface area contributed by atoms with Gasteiger partial charge in [-0.3, -0.25) is 9.59 Å². The molecule has 2 aromatic rings. The van der Waals surface area contributed by atoms with E-state index < -0.39 is 5.92 Å². The molecule has 0 saturated carbocycles. The van der Waals surface area contributed by atoms with Crippen molar-refractivity contribution in [2.24, 2.45) is 5.92 Å². The first-order chi connectivity index (χ1) is 12.9. The first-order valence-electron chi connectivity index (χ1n) is 9.00. The van der Waals surface area contributed by atoms with E-state index in [0.717, 1.165) is 27.0 Å². The largest absolute Gasteiger partial charge is 0.492 e. The third-order valence-corrected chi connectivity index (χ3v) is 5.57.